The minimum Gasteiger partial charge on any atom is -0.236 e. The molecule has 0 radical (unpaired) electrons. The Balaban J connectivity index is 1.21. The molecule has 0 atom stereocenters. The molecule has 0 aliphatic carbocycles. The highest BCUT2D eigenvalue weighted by molar-refractivity contribution is 7.26. The summed E-state index contributed by atoms with van der Waals surface area (Å²) in [5.41, 5.74) is 7.22. The molecule has 4 nitrogen and oxygen atoms in total. The molecule has 0 fully saturated rings. The summed E-state index contributed by atoms with van der Waals surface area (Å²) in [4.78, 5) is 20.7. The molecule has 0 N–H and O–H groups in total. The van der Waals surface area contributed by atoms with Crippen molar-refractivity contribution < 1.29 is 0 Å². The lowest BCUT2D eigenvalue weighted by Crippen LogP contribution is -2.01. The molecule has 0 unspecified atom stereocenters. The molecule has 10 rings (SSSR count). The Kier molecular flexibility index (Phi) is 6.82. The summed E-state index contributed by atoms with van der Waals surface area (Å²) in [5, 5.41) is 5.66. The number of aromatic nitrogens is 4. The van der Waals surface area contributed by atoms with Crippen molar-refractivity contribution in [1.82, 2.24) is 19.9 Å². The first kappa shape index (κ1) is 28.9. The van der Waals surface area contributed by atoms with Crippen molar-refractivity contribution in [3.05, 3.63) is 158 Å². The van der Waals surface area contributed by atoms with Crippen LogP contribution < -0.4 is 0 Å². The lowest BCUT2D eigenvalue weighted by Gasteiger charge is -2.13. The third kappa shape index (κ3) is 4.96. The van der Waals surface area contributed by atoms with E-state index in [-0.39, 0.29) is 0 Å². The van der Waals surface area contributed by atoms with Crippen LogP contribution in [0.1, 0.15) is 0 Å². The van der Waals surface area contributed by atoms with Crippen LogP contribution in [0.2, 0.25) is 0 Å². The number of hydrogen-bond acceptors (Lipinski definition) is 6. The molecule has 6 heteroatoms. The summed E-state index contributed by atoms with van der Waals surface area (Å²) in [6.07, 6.45) is 0. The van der Waals surface area contributed by atoms with E-state index in [2.05, 4.69) is 146 Å². The van der Waals surface area contributed by atoms with Crippen LogP contribution in [0.15, 0.2) is 158 Å². The Morgan fingerprint density at radius 2 is 1.02 bits per heavy atom. The first-order valence-electron chi connectivity index (χ1n) is 16.5. The fraction of sp³-hybridized carbons (Fsp3) is 0. The van der Waals surface area contributed by atoms with E-state index in [1.54, 1.807) is 22.7 Å². The number of nitrogens with zero attached hydrogens (tertiary/aromatic N) is 4. The van der Waals surface area contributed by atoms with Gasteiger partial charge in [0.2, 0.25) is 0 Å². The smallest absolute Gasteiger partial charge is 0.164 e. The van der Waals surface area contributed by atoms with Crippen molar-refractivity contribution in [2.75, 3.05) is 0 Å². The van der Waals surface area contributed by atoms with Gasteiger partial charge in [-0.1, -0.05) is 133 Å². The monoisotopic (exact) mass is 674 g/mol. The second-order valence-corrected chi connectivity index (χ2v) is 14.4. The van der Waals surface area contributed by atoms with Gasteiger partial charge >= 0.3 is 0 Å². The molecule has 0 saturated heterocycles. The molecule has 0 saturated carbocycles. The van der Waals surface area contributed by atoms with Crippen LogP contribution in [-0.4, -0.2) is 19.9 Å². The highest BCUT2D eigenvalue weighted by atomic mass is 32.1. The molecule has 3 aromatic heterocycles. The van der Waals surface area contributed by atoms with Gasteiger partial charge in [-0.05, 0) is 46.2 Å². The zero-order chi connectivity index (χ0) is 33.0. The van der Waals surface area contributed by atoms with Crippen molar-refractivity contribution in [3.63, 3.8) is 0 Å². The lowest BCUT2D eigenvalue weighted by molar-refractivity contribution is 1.08. The summed E-state index contributed by atoms with van der Waals surface area (Å²) >= 11 is 3.54. The average molecular weight is 675 g/mol. The first-order valence-corrected chi connectivity index (χ1v) is 18.1. The Hall–Kier alpha value is -6.08. The quantitative estimate of drug-likeness (QED) is 0.182. The molecule has 234 valence electrons. The predicted molar refractivity (Wildman–Crippen MR) is 211 cm³/mol. The minimum absolute atomic E-state index is 0.642. The molecular weight excluding hydrogens is 649 g/mol. The van der Waals surface area contributed by atoms with E-state index in [0.717, 1.165) is 60.1 Å². The SMILES string of the molecule is c1ccc(-c2nc3cc4c(cc3s2)sc2cccc(-c3nc(-c5ccc6ccccc6c5)nc(-c5ccccc5-c5ccccc5)n3)c24)cc1. The standard InChI is InChI=1S/C44H26N4S2/c1-3-13-28(14-4-1)32-18-9-10-19-33(32)42-46-41(31-23-22-27-12-7-8-17-30(27)24-31)47-43(48-42)34-20-11-21-37-40(34)35-25-36-39(26-38(35)49-37)50-44(45-36)29-15-5-2-6-16-29/h1-26H. The van der Waals surface area contributed by atoms with Gasteiger partial charge in [0.15, 0.2) is 17.5 Å². The molecule has 0 bridgehead atoms. The van der Waals surface area contributed by atoms with Crippen LogP contribution >= 0.6 is 22.7 Å². The first-order chi connectivity index (χ1) is 24.7. The summed E-state index contributed by atoms with van der Waals surface area (Å²) < 4.78 is 3.60. The minimum atomic E-state index is 0.642. The molecule has 7 aromatic carbocycles. The second kappa shape index (κ2) is 11.8. The Morgan fingerprint density at radius 1 is 0.360 bits per heavy atom. The largest absolute Gasteiger partial charge is 0.236 e. The van der Waals surface area contributed by atoms with Crippen molar-refractivity contribution in [2.24, 2.45) is 0 Å². The molecule has 0 amide bonds. The third-order valence-corrected chi connectivity index (χ3v) is 11.3. The Labute approximate surface area is 296 Å². The van der Waals surface area contributed by atoms with E-state index in [0.29, 0.717) is 17.5 Å². The topological polar surface area (TPSA) is 51.6 Å². The number of rotatable bonds is 5. The molecule has 50 heavy (non-hydrogen) atoms. The highest BCUT2D eigenvalue weighted by Crippen LogP contribution is 2.43. The number of benzene rings is 7. The maximum atomic E-state index is 5.26. The van der Waals surface area contributed by atoms with Gasteiger partial charge in [0.25, 0.3) is 0 Å². The van der Waals surface area contributed by atoms with Gasteiger partial charge in [-0.25, -0.2) is 19.9 Å². The van der Waals surface area contributed by atoms with Crippen molar-refractivity contribution in [1.29, 1.82) is 0 Å². The molecule has 0 aliphatic heterocycles. The highest BCUT2D eigenvalue weighted by Gasteiger charge is 2.20. The molecule has 10 aromatic rings. The van der Waals surface area contributed by atoms with E-state index in [1.165, 1.54) is 19.5 Å². The van der Waals surface area contributed by atoms with Crippen LogP contribution in [0.25, 0.3) is 97.0 Å². The molecular formula is C44H26N4S2. The molecule has 0 spiro atoms. The maximum absolute atomic E-state index is 5.26. The Morgan fingerprint density at radius 3 is 1.84 bits per heavy atom. The second-order valence-electron chi connectivity index (χ2n) is 12.3. The van der Waals surface area contributed by atoms with E-state index >= 15 is 0 Å². The van der Waals surface area contributed by atoms with Crippen LogP contribution in [0, 0.1) is 0 Å². The van der Waals surface area contributed by atoms with Gasteiger partial charge in [0.05, 0.1) is 10.2 Å². The van der Waals surface area contributed by atoms with Crippen molar-refractivity contribution >= 4 is 63.8 Å². The van der Waals surface area contributed by atoms with Crippen LogP contribution in [0.3, 0.4) is 0 Å². The van der Waals surface area contributed by atoms with E-state index in [9.17, 15) is 0 Å². The molecule has 0 aliphatic rings. The lowest BCUT2D eigenvalue weighted by atomic mass is 9.99. The van der Waals surface area contributed by atoms with Gasteiger partial charge in [-0.2, -0.15) is 0 Å². The van der Waals surface area contributed by atoms with Gasteiger partial charge < -0.3 is 0 Å². The van der Waals surface area contributed by atoms with Crippen LogP contribution in [0.4, 0.5) is 0 Å². The number of hydrogen-bond donors (Lipinski definition) is 0. The van der Waals surface area contributed by atoms with Crippen molar-refractivity contribution in [3.8, 4) is 55.9 Å². The van der Waals surface area contributed by atoms with E-state index in [4.69, 9.17) is 19.9 Å². The van der Waals surface area contributed by atoms with E-state index in [1.807, 2.05) is 12.1 Å². The van der Waals surface area contributed by atoms with Crippen molar-refractivity contribution in [2.45, 2.75) is 0 Å². The van der Waals surface area contributed by atoms with E-state index < -0.39 is 0 Å². The predicted octanol–water partition coefficient (Wildman–Crippen LogP) is 12.3. The van der Waals surface area contributed by atoms with Crippen LogP contribution in [-0.2, 0) is 0 Å². The Bertz CT molecular complexity index is 2880. The number of thiazole rings is 1. The maximum Gasteiger partial charge on any atom is 0.164 e. The van der Waals surface area contributed by atoms with Gasteiger partial charge in [0, 0.05) is 42.4 Å². The average Bonchev–Trinajstić information content (AvgIpc) is 3.78. The number of thiophene rings is 1. The zero-order valence-electron chi connectivity index (χ0n) is 26.6. The van der Waals surface area contributed by atoms with Gasteiger partial charge in [-0.15, -0.1) is 22.7 Å². The summed E-state index contributed by atoms with van der Waals surface area (Å²) in [5.74, 6) is 1.93. The summed E-state index contributed by atoms with van der Waals surface area (Å²) in [7, 11) is 0. The summed E-state index contributed by atoms with van der Waals surface area (Å²) in [6.45, 7) is 0. The van der Waals surface area contributed by atoms with Gasteiger partial charge in [-0.3, -0.25) is 0 Å². The molecule has 3 heterocycles. The fourth-order valence-electron chi connectivity index (χ4n) is 6.76. The fourth-order valence-corrected chi connectivity index (χ4v) is 8.98. The van der Waals surface area contributed by atoms with Gasteiger partial charge in [0.1, 0.15) is 5.01 Å². The third-order valence-electron chi connectivity index (χ3n) is 9.16. The van der Waals surface area contributed by atoms with Crippen LogP contribution in [0.5, 0.6) is 0 Å². The summed E-state index contributed by atoms with van der Waals surface area (Å²) in [6, 6.07) is 55.0. The zero-order valence-corrected chi connectivity index (χ0v) is 28.2. The normalized spacial score (nSPS) is 11.6. The number of fused-ring (bicyclic) bond motifs is 5.